The van der Waals surface area contributed by atoms with Crippen LogP contribution >= 0.6 is 0 Å². The summed E-state index contributed by atoms with van der Waals surface area (Å²) in [6.07, 6.45) is 0.611. The molecule has 3 aromatic carbocycles. The summed E-state index contributed by atoms with van der Waals surface area (Å²) in [7, 11) is 0. The highest BCUT2D eigenvalue weighted by Crippen LogP contribution is 2.27. The van der Waals surface area contributed by atoms with Crippen LogP contribution in [0.2, 0.25) is 0 Å². The minimum absolute atomic E-state index is 0.143. The lowest BCUT2D eigenvalue weighted by molar-refractivity contribution is 0.403. The minimum Gasteiger partial charge on any atom is -0.504 e. The maximum atomic E-state index is 9.95. The van der Waals surface area contributed by atoms with Crippen LogP contribution in [-0.4, -0.2) is 31.8 Å². The number of rotatable bonds is 6. The van der Waals surface area contributed by atoms with Crippen molar-refractivity contribution in [3.05, 3.63) is 84.4 Å². The van der Waals surface area contributed by atoms with Crippen LogP contribution in [0.15, 0.2) is 78.9 Å². The molecule has 0 atom stereocenters. The van der Waals surface area contributed by atoms with Gasteiger partial charge in [0.05, 0.1) is 5.69 Å². The molecular weight excluding hydrogens is 378 g/mol. The Balaban J connectivity index is 1.47. The molecule has 0 aliphatic heterocycles. The highest BCUT2D eigenvalue weighted by molar-refractivity contribution is 5.69. The standard InChI is InChI=1S/C24H21N3O3/c28-21-11-6-16(14-22(21)29)12-13-25-23-15-20(26-24(30)27-23)19-9-7-18(8-10-19)17-4-2-1-3-5-17/h1-11,14-15,28-29H,12-13H2,(H2,25,26,27,30). The van der Waals surface area contributed by atoms with Gasteiger partial charge in [-0.25, -0.2) is 0 Å². The molecule has 0 spiro atoms. The van der Waals surface area contributed by atoms with Gasteiger partial charge in [-0.05, 0) is 35.2 Å². The van der Waals surface area contributed by atoms with Gasteiger partial charge in [0.2, 0.25) is 0 Å². The fourth-order valence-electron chi connectivity index (χ4n) is 3.20. The average molecular weight is 399 g/mol. The van der Waals surface area contributed by atoms with Crippen molar-refractivity contribution in [2.45, 2.75) is 6.42 Å². The smallest absolute Gasteiger partial charge is 0.316 e. The first-order chi connectivity index (χ1) is 14.6. The molecular formula is C24H21N3O3. The van der Waals surface area contributed by atoms with Crippen LogP contribution in [-0.2, 0) is 6.42 Å². The van der Waals surface area contributed by atoms with E-state index in [0.717, 1.165) is 22.3 Å². The Kier molecular flexibility index (Phi) is 5.48. The number of nitrogens with one attached hydrogen (secondary N) is 1. The number of aromatic nitrogens is 2. The largest absolute Gasteiger partial charge is 0.504 e. The number of phenolic OH excluding ortho intramolecular Hbond substituents is 2. The predicted molar refractivity (Wildman–Crippen MR) is 117 cm³/mol. The topological polar surface area (TPSA) is 98.5 Å². The van der Waals surface area contributed by atoms with Gasteiger partial charge in [0, 0.05) is 18.2 Å². The van der Waals surface area contributed by atoms with Gasteiger partial charge in [-0.3, -0.25) is 0 Å². The van der Waals surface area contributed by atoms with Crippen LogP contribution in [0.5, 0.6) is 17.5 Å². The molecule has 0 aliphatic carbocycles. The molecule has 0 saturated heterocycles. The van der Waals surface area contributed by atoms with Crippen LogP contribution in [0.25, 0.3) is 22.4 Å². The third kappa shape index (κ3) is 4.50. The Morgan fingerprint density at radius 1 is 0.667 bits per heavy atom. The van der Waals surface area contributed by atoms with Crippen LogP contribution in [0.1, 0.15) is 5.56 Å². The third-order valence-electron chi connectivity index (χ3n) is 4.76. The monoisotopic (exact) mass is 399 g/mol. The first kappa shape index (κ1) is 19.3. The maximum absolute atomic E-state index is 9.95. The molecule has 6 heteroatoms. The maximum Gasteiger partial charge on any atom is 0.316 e. The lowest BCUT2D eigenvalue weighted by atomic mass is 10.0. The molecule has 1 aromatic heterocycles. The summed E-state index contributed by atoms with van der Waals surface area (Å²) in [6.45, 7) is 0.535. The van der Waals surface area contributed by atoms with Crippen molar-refractivity contribution in [2.24, 2.45) is 0 Å². The average Bonchev–Trinajstić information content (AvgIpc) is 2.77. The lowest BCUT2D eigenvalue weighted by Crippen LogP contribution is -2.07. The first-order valence-corrected chi connectivity index (χ1v) is 9.57. The fourth-order valence-corrected chi connectivity index (χ4v) is 3.20. The van der Waals surface area contributed by atoms with Crippen molar-refractivity contribution >= 4 is 5.82 Å². The van der Waals surface area contributed by atoms with Gasteiger partial charge in [0.25, 0.3) is 0 Å². The molecule has 4 rings (SSSR count). The van der Waals surface area contributed by atoms with E-state index in [-0.39, 0.29) is 17.5 Å². The van der Waals surface area contributed by atoms with Gasteiger partial charge in [0.1, 0.15) is 5.82 Å². The lowest BCUT2D eigenvalue weighted by Gasteiger charge is -2.09. The van der Waals surface area contributed by atoms with E-state index >= 15 is 0 Å². The SMILES string of the molecule is Oc1nc(NCCc2ccc(O)c(O)c2)cc(-c2ccc(-c3ccccc3)cc2)n1. The summed E-state index contributed by atoms with van der Waals surface area (Å²) < 4.78 is 0. The Bertz CT molecular complexity index is 1150. The third-order valence-corrected chi connectivity index (χ3v) is 4.76. The Hall–Kier alpha value is -4.06. The number of aromatic hydroxyl groups is 3. The van der Waals surface area contributed by atoms with E-state index < -0.39 is 0 Å². The van der Waals surface area contributed by atoms with E-state index in [4.69, 9.17) is 0 Å². The quantitative estimate of drug-likeness (QED) is 0.354. The molecule has 4 aromatic rings. The van der Waals surface area contributed by atoms with E-state index in [2.05, 4.69) is 27.4 Å². The molecule has 1 heterocycles. The van der Waals surface area contributed by atoms with Crippen molar-refractivity contribution in [1.29, 1.82) is 0 Å². The normalized spacial score (nSPS) is 10.7. The van der Waals surface area contributed by atoms with Crippen LogP contribution in [0.3, 0.4) is 0 Å². The number of anilines is 1. The molecule has 0 radical (unpaired) electrons. The highest BCUT2D eigenvalue weighted by Gasteiger charge is 2.07. The summed E-state index contributed by atoms with van der Waals surface area (Å²) in [5, 5.41) is 32.1. The molecule has 0 unspecified atom stereocenters. The predicted octanol–water partition coefficient (Wildman–Crippen LogP) is 4.58. The molecule has 0 amide bonds. The van der Waals surface area contributed by atoms with Crippen LogP contribution in [0.4, 0.5) is 5.82 Å². The zero-order chi connectivity index (χ0) is 20.9. The minimum atomic E-state index is -0.301. The fraction of sp³-hybridized carbons (Fsp3) is 0.0833. The molecule has 0 saturated carbocycles. The Morgan fingerprint density at radius 2 is 1.37 bits per heavy atom. The second-order valence-electron chi connectivity index (χ2n) is 6.88. The summed E-state index contributed by atoms with van der Waals surface area (Å²) in [5.74, 6) is 0.219. The molecule has 6 nitrogen and oxygen atoms in total. The number of hydrogen-bond donors (Lipinski definition) is 4. The molecule has 150 valence electrons. The molecule has 30 heavy (non-hydrogen) atoms. The van der Waals surface area contributed by atoms with Gasteiger partial charge in [0.15, 0.2) is 11.5 Å². The van der Waals surface area contributed by atoms with E-state index in [0.29, 0.717) is 24.5 Å². The van der Waals surface area contributed by atoms with E-state index in [1.807, 2.05) is 42.5 Å². The van der Waals surface area contributed by atoms with Crippen LogP contribution < -0.4 is 5.32 Å². The molecule has 4 N–H and O–H groups in total. The Morgan fingerprint density at radius 3 is 2.10 bits per heavy atom. The van der Waals surface area contributed by atoms with E-state index in [9.17, 15) is 15.3 Å². The summed E-state index contributed by atoms with van der Waals surface area (Å²) >= 11 is 0. The first-order valence-electron chi connectivity index (χ1n) is 9.57. The zero-order valence-electron chi connectivity index (χ0n) is 16.2. The van der Waals surface area contributed by atoms with Crippen molar-refractivity contribution in [2.75, 3.05) is 11.9 Å². The second kappa shape index (κ2) is 8.53. The zero-order valence-corrected chi connectivity index (χ0v) is 16.2. The summed E-state index contributed by atoms with van der Waals surface area (Å²) in [6, 6.07) is 24.3. The number of nitrogens with zero attached hydrogens (tertiary/aromatic N) is 2. The summed E-state index contributed by atoms with van der Waals surface area (Å²) in [5.41, 5.74) is 4.60. The Labute approximate surface area is 174 Å². The molecule has 0 aliphatic rings. The second-order valence-corrected chi connectivity index (χ2v) is 6.88. The van der Waals surface area contributed by atoms with Gasteiger partial charge < -0.3 is 20.6 Å². The van der Waals surface area contributed by atoms with Crippen LogP contribution in [0, 0.1) is 0 Å². The number of phenols is 2. The molecule has 0 fully saturated rings. The van der Waals surface area contributed by atoms with E-state index in [1.165, 1.54) is 12.1 Å². The van der Waals surface area contributed by atoms with Crippen molar-refractivity contribution in [3.8, 4) is 39.9 Å². The van der Waals surface area contributed by atoms with Crippen molar-refractivity contribution < 1.29 is 15.3 Å². The van der Waals surface area contributed by atoms with Crippen molar-refractivity contribution in [1.82, 2.24) is 9.97 Å². The highest BCUT2D eigenvalue weighted by atomic mass is 16.3. The summed E-state index contributed by atoms with van der Waals surface area (Å²) in [4.78, 5) is 8.17. The van der Waals surface area contributed by atoms with Gasteiger partial charge in [-0.2, -0.15) is 9.97 Å². The van der Waals surface area contributed by atoms with Gasteiger partial charge in [-0.1, -0.05) is 60.7 Å². The number of hydrogen-bond acceptors (Lipinski definition) is 6. The van der Waals surface area contributed by atoms with E-state index in [1.54, 1.807) is 12.1 Å². The van der Waals surface area contributed by atoms with Gasteiger partial charge >= 0.3 is 6.01 Å². The van der Waals surface area contributed by atoms with Gasteiger partial charge in [-0.15, -0.1) is 0 Å². The van der Waals surface area contributed by atoms with Crippen molar-refractivity contribution in [3.63, 3.8) is 0 Å². The number of benzene rings is 3. The molecule has 0 bridgehead atoms.